The summed E-state index contributed by atoms with van der Waals surface area (Å²) < 4.78 is 26.8. The molecule has 0 aliphatic carbocycles. The molecule has 0 fully saturated rings. The van der Waals surface area contributed by atoms with E-state index in [0.29, 0.717) is 46.3 Å². The van der Waals surface area contributed by atoms with Crippen molar-refractivity contribution in [1.29, 1.82) is 0 Å². The van der Waals surface area contributed by atoms with E-state index < -0.39 is 11.8 Å². The monoisotopic (exact) mass is 491 g/mol. The molecule has 1 aromatic heterocycles. The van der Waals surface area contributed by atoms with Crippen LogP contribution in [0.3, 0.4) is 0 Å². The predicted octanol–water partition coefficient (Wildman–Crippen LogP) is 7.38. The molecule has 178 valence electrons. The van der Waals surface area contributed by atoms with Crippen molar-refractivity contribution in [3.05, 3.63) is 83.8 Å². The lowest BCUT2D eigenvalue weighted by atomic mass is 10.0. The van der Waals surface area contributed by atoms with Crippen molar-refractivity contribution in [2.45, 2.75) is 32.5 Å². The van der Waals surface area contributed by atoms with E-state index in [1.54, 1.807) is 48.7 Å². The van der Waals surface area contributed by atoms with Gasteiger partial charge in [-0.3, -0.25) is 0 Å². The van der Waals surface area contributed by atoms with E-state index in [0.717, 1.165) is 11.1 Å². The Labute approximate surface area is 207 Å². The van der Waals surface area contributed by atoms with Crippen molar-refractivity contribution in [3.63, 3.8) is 0 Å². The summed E-state index contributed by atoms with van der Waals surface area (Å²) in [6, 6.07) is 18.0. The number of ether oxygens (including phenoxy) is 2. The van der Waals surface area contributed by atoms with Crippen LogP contribution in [0.2, 0.25) is 5.02 Å². The van der Waals surface area contributed by atoms with Crippen LogP contribution in [0.4, 0.5) is 14.9 Å². The highest BCUT2D eigenvalue weighted by atomic mass is 35.5. The van der Waals surface area contributed by atoms with E-state index in [1.807, 2.05) is 26.0 Å². The number of amides is 1. The van der Waals surface area contributed by atoms with Gasteiger partial charge >= 0.3 is 6.03 Å². The van der Waals surface area contributed by atoms with Gasteiger partial charge < -0.3 is 14.8 Å². The summed E-state index contributed by atoms with van der Waals surface area (Å²) in [4.78, 5) is 13.1. The van der Waals surface area contributed by atoms with Crippen molar-refractivity contribution >= 4 is 23.3 Å². The molecular formula is C27H23ClFN3O3. The van der Waals surface area contributed by atoms with Crippen LogP contribution in [0, 0.1) is 5.82 Å². The van der Waals surface area contributed by atoms with E-state index in [2.05, 4.69) is 10.4 Å². The maximum Gasteiger partial charge on any atom is 0.346 e. The Balaban J connectivity index is 1.45. The first kappa shape index (κ1) is 22.9. The molecule has 0 spiro atoms. The molecule has 6 nitrogen and oxygen atoms in total. The van der Waals surface area contributed by atoms with Gasteiger partial charge in [-0.25, -0.2) is 9.18 Å². The van der Waals surface area contributed by atoms with E-state index in [4.69, 9.17) is 21.1 Å². The third kappa shape index (κ3) is 4.47. The second kappa shape index (κ2) is 9.07. The van der Waals surface area contributed by atoms with Crippen molar-refractivity contribution in [2.24, 2.45) is 0 Å². The largest absolute Gasteiger partial charge is 0.448 e. The molecule has 3 aromatic carbocycles. The van der Waals surface area contributed by atoms with Crippen LogP contribution >= 0.6 is 11.6 Å². The SMILES string of the molecule is CCC1(CC)Oc2ccc(NC(=O)n3cc(-c4ccc(F)cc4)c(-c4ccc(Cl)cc4)n3)cc2O1. The number of anilines is 1. The Morgan fingerprint density at radius 1 is 0.971 bits per heavy atom. The molecule has 1 aliphatic rings. The first-order valence-electron chi connectivity index (χ1n) is 11.3. The van der Waals surface area contributed by atoms with Gasteiger partial charge in [-0.2, -0.15) is 9.78 Å². The van der Waals surface area contributed by atoms with Crippen LogP contribution in [-0.4, -0.2) is 21.6 Å². The van der Waals surface area contributed by atoms with Crippen LogP contribution < -0.4 is 14.8 Å². The average molecular weight is 492 g/mol. The Hall–Kier alpha value is -3.84. The summed E-state index contributed by atoms with van der Waals surface area (Å²) in [6.07, 6.45) is 3.03. The van der Waals surface area contributed by atoms with E-state index >= 15 is 0 Å². The molecule has 35 heavy (non-hydrogen) atoms. The zero-order valence-electron chi connectivity index (χ0n) is 19.2. The predicted molar refractivity (Wildman–Crippen MR) is 133 cm³/mol. The van der Waals surface area contributed by atoms with Gasteiger partial charge in [0.25, 0.3) is 5.79 Å². The second-order valence-electron chi connectivity index (χ2n) is 8.26. The highest BCUT2D eigenvalue weighted by Crippen LogP contribution is 2.43. The zero-order chi connectivity index (χ0) is 24.6. The Kier molecular flexibility index (Phi) is 5.94. The minimum Gasteiger partial charge on any atom is -0.448 e. The molecule has 0 unspecified atom stereocenters. The number of aromatic nitrogens is 2. The van der Waals surface area contributed by atoms with E-state index in [9.17, 15) is 9.18 Å². The molecular weight excluding hydrogens is 469 g/mol. The first-order valence-corrected chi connectivity index (χ1v) is 11.7. The quantitative estimate of drug-likeness (QED) is 0.316. The molecule has 0 radical (unpaired) electrons. The summed E-state index contributed by atoms with van der Waals surface area (Å²) >= 11 is 6.05. The lowest BCUT2D eigenvalue weighted by Gasteiger charge is -2.24. The molecule has 0 saturated heterocycles. The lowest BCUT2D eigenvalue weighted by Crippen LogP contribution is -2.36. The van der Waals surface area contributed by atoms with Crippen LogP contribution in [0.1, 0.15) is 26.7 Å². The minimum absolute atomic E-state index is 0.343. The van der Waals surface area contributed by atoms with Crippen molar-refractivity contribution in [2.75, 3.05) is 5.32 Å². The number of carbonyl (C=O) groups is 1. The van der Waals surface area contributed by atoms with Gasteiger partial charge in [0.05, 0.1) is 0 Å². The average Bonchev–Trinajstić information content (AvgIpc) is 3.47. The molecule has 1 aliphatic heterocycles. The lowest BCUT2D eigenvalue weighted by molar-refractivity contribution is -0.0843. The van der Waals surface area contributed by atoms with E-state index in [-0.39, 0.29) is 5.82 Å². The smallest absolute Gasteiger partial charge is 0.346 e. The summed E-state index contributed by atoms with van der Waals surface area (Å²) in [5.74, 6) is 0.213. The number of nitrogens with zero attached hydrogens (tertiary/aromatic N) is 2. The topological polar surface area (TPSA) is 65.4 Å². The van der Waals surface area contributed by atoms with Crippen LogP contribution in [-0.2, 0) is 0 Å². The molecule has 8 heteroatoms. The molecule has 1 amide bonds. The van der Waals surface area contributed by atoms with Gasteiger partial charge in [0.2, 0.25) is 0 Å². The van der Waals surface area contributed by atoms with Crippen LogP contribution in [0.15, 0.2) is 72.9 Å². The third-order valence-corrected chi connectivity index (χ3v) is 6.31. The van der Waals surface area contributed by atoms with Gasteiger partial charge in [-0.05, 0) is 42.0 Å². The van der Waals surface area contributed by atoms with Gasteiger partial charge in [-0.1, -0.05) is 49.7 Å². The van der Waals surface area contributed by atoms with Gasteiger partial charge in [0, 0.05) is 46.9 Å². The van der Waals surface area contributed by atoms with Crippen molar-refractivity contribution in [1.82, 2.24) is 9.78 Å². The standard InChI is InChI=1S/C27H23ClFN3O3/c1-3-27(4-2)34-23-14-13-21(15-24(23)35-27)30-26(33)32-16-22(17-7-11-20(29)12-8-17)25(31-32)18-5-9-19(28)10-6-18/h5-16H,3-4H2,1-2H3,(H,30,33). The van der Waals surface area contributed by atoms with Crippen LogP contribution in [0.25, 0.3) is 22.4 Å². The molecule has 2 heterocycles. The number of fused-ring (bicyclic) bond motifs is 1. The maximum absolute atomic E-state index is 13.5. The third-order valence-electron chi connectivity index (χ3n) is 6.06. The molecule has 1 N–H and O–H groups in total. The zero-order valence-corrected chi connectivity index (χ0v) is 20.0. The van der Waals surface area contributed by atoms with Gasteiger partial charge in [-0.15, -0.1) is 0 Å². The van der Waals surface area contributed by atoms with E-state index in [1.165, 1.54) is 16.8 Å². The Bertz CT molecular complexity index is 1320. The number of halogens is 2. The highest BCUT2D eigenvalue weighted by molar-refractivity contribution is 6.30. The van der Waals surface area contributed by atoms with Gasteiger partial charge in [0.1, 0.15) is 11.5 Å². The number of nitrogens with one attached hydrogen (secondary N) is 1. The molecule has 0 bridgehead atoms. The van der Waals surface area contributed by atoms with Crippen LogP contribution in [0.5, 0.6) is 11.5 Å². The molecule has 4 aromatic rings. The number of hydrogen-bond donors (Lipinski definition) is 1. The minimum atomic E-state index is -0.676. The summed E-state index contributed by atoms with van der Waals surface area (Å²) in [5, 5.41) is 7.99. The maximum atomic E-state index is 13.5. The van der Waals surface area contributed by atoms with Crippen molar-refractivity contribution < 1.29 is 18.7 Å². The fraction of sp³-hybridized carbons (Fsp3) is 0.185. The summed E-state index contributed by atoms with van der Waals surface area (Å²) in [5.41, 5.74) is 3.31. The first-order chi connectivity index (χ1) is 16.9. The number of rotatable bonds is 5. The van der Waals surface area contributed by atoms with Gasteiger partial charge in [0.15, 0.2) is 11.5 Å². The number of benzene rings is 3. The Morgan fingerprint density at radius 3 is 2.31 bits per heavy atom. The second-order valence-corrected chi connectivity index (χ2v) is 8.70. The highest BCUT2D eigenvalue weighted by Gasteiger charge is 2.38. The number of carbonyl (C=O) groups excluding carboxylic acids is 1. The van der Waals surface area contributed by atoms with Crippen molar-refractivity contribution in [3.8, 4) is 33.9 Å². The normalized spacial score (nSPS) is 13.6. The molecule has 0 saturated carbocycles. The fourth-order valence-corrected chi connectivity index (χ4v) is 4.16. The number of hydrogen-bond acceptors (Lipinski definition) is 4. The molecule has 5 rings (SSSR count). The Morgan fingerprint density at radius 2 is 1.63 bits per heavy atom. The summed E-state index contributed by atoms with van der Waals surface area (Å²) in [6.45, 7) is 4.01. The molecule has 0 atom stereocenters. The fourth-order valence-electron chi connectivity index (χ4n) is 4.03. The summed E-state index contributed by atoms with van der Waals surface area (Å²) in [7, 11) is 0.